The first kappa shape index (κ1) is 12.4. The molecule has 4 nitrogen and oxygen atoms in total. The summed E-state index contributed by atoms with van der Waals surface area (Å²) in [7, 11) is -3.39. The Bertz CT molecular complexity index is 274. The molecule has 0 aliphatic rings. The molecule has 0 heterocycles. The van der Waals surface area contributed by atoms with Gasteiger partial charge in [-0.25, -0.2) is 8.42 Å². The average molecular weight is 207 g/mol. The molecule has 0 fully saturated rings. The van der Waals surface area contributed by atoms with Gasteiger partial charge in [-0.05, 0) is 11.8 Å². The van der Waals surface area contributed by atoms with Crippen LogP contribution >= 0.6 is 0 Å². The summed E-state index contributed by atoms with van der Waals surface area (Å²) < 4.78 is 23.2. The summed E-state index contributed by atoms with van der Waals surface area (Å²) in [6, 6.07) is 0. The van der Waals surface area contributed by atoms with Gasteiger partial charge in [-0.1, -0.05) is 20.8 Å². The van der Waals surface area contributed by atoms with Crippen molar-refractivity contribution in [3.8, 4) is 0 Å². The molecule has 0 saturated carbocycles. The lowest BCUT2D eigenvalue weighted by Crippen LogP contribution is -2.29. The Kier molecular flexibility index (Phi) is 3.90. The van der Waals surface area contributed by atoms with Gasteiger partial charge in [-0.3, -0.25) is 9.52 Å². The number of nitrogens with one attached hydrogen (secondary N) is 1. The van der Waals surface area contributed by atoms with Crippen LogP contribution in [0.5, 0.6) is 0 Å². The van der Waals surface area contributed by atoms with Crippen LogP contribution in [0, 0.1) is 5.41 Å². The minimum absolute atomic E-state index is 0.0504. The van der Waals surface area contributed by atoms with Crippen LogP contribution in [0.25, 0.3) is 0 Å². The minimum Gasteiger partial charge on any atom is -0.274 e. The Balaban J connectivity index is 3.92. The number of hydrogen-bond acceptors (Lipinski definition) is 3. The van der Waals surface area contributed by atoms with Gasteiger partial charge in [0.2, 0.25) is 15.9 Å². The van der Waals surface area contributed by atoms with E-state index in [1.165, 1.54) is 0 Å². The molecule has 5 heteroatoms. The van der Waals surface area contributed by atoms with Gasteiger partial charge >= 0.3 is 0 Å². The third-order valence-corrected chi connectivity index (χ3v) is 2.00. The zero-order chi connectivity index (χ0) is 10.7. The number of carbonyl (C=O) groups is 1. The van der Waals surface area contributed by atoms with Crippen molar-refractivity contribution >= 4 is 15.9 Å². The second-order valence-electron chi connectivity index (χ2n) is 4.36. The van der Waals surface area contributed by atoms with Gasteiger partial charge in [-0.2, -0.15) is 0 Å². The van der Waals surface area contributed by atoms with Crippen LogP contribution in [0.15, 0.2) is 0 Å². The zero-order valence-electron chi connectivity index (χ0n) is 8.55. The van der Waals surface area contributed by atoms with Gasteiger partial charge in [-0.15, -0.1) is 0 Å². The van der Waals surface area contributed by atoms with E-state index >= 15 is 0 Å². The first-order valence-corrected chi connectivity index (χ1v) is 6.00. The molecule has 0 aliphatic carbocycles. The van der Waals surface area contributed by atoms with E-state index in [4.69, 9.17) is 0 Å². The fourth-order valence-electron chi connectivity index (χ4n) is 0.746. The van der Waals surface area contributed by atoms with Crippen LogP contribution in [0.3, 0.4) is 0 Å². The summed E-state index contributed by atoms with van der Waals surface area (Å²) in [5.74, 6) is -0.433. The molecule has 0 aromatic carbocycles. The van der Waals surface area contributed by atoms with Crippen molar-refractivity contribution in [3.05, 3.63) is 0 Å². The monoisotopic (exact) mass is 207 g/mol. The highest BCUT2D eigenvalue weighted by Gasteiger charge is 2.14. The molecular weight excluding hydrogens is 190 g/mol. The average Bonchev–Trinajstić information content (AvgIpc) is 1.78. The summed E-state index contributed by atoms with van der Waals surface area (Å²) in [5.41, 5.74) is 0.0504. The number of hydrogen-bond donors (Lipinski definition) is 1. The summed E-state index contributed by atoms with van der Waals surface area (Å²) in [6.07, 6.45) is 1.90. The molecule has 78 valence electrons. The molecule has 0 atom stereocenters. The molecule has 13 heavy (non-hydrogen) atoms. The molecule has 1 N–H and O–H groups in total. The van der Waals surface area contributed by atoms with Gasteiger partial charge in [0.05, 0.1) is 6.26 Å². The first-order chi connectivity index (χ1) is 5.60. The number of rotatable bonds is 3. The SMILES string of the molecule is CC(C)(C)CCC(=O)NS(C)(=O)=O. The number of amides is 1. The molecule has 1 amide bonds. The molecule has 0 aromatic heterocycles. The van der Waals surface area contributed by atoms with Crippen LogP contribution < -0.4 is 4.72 Å². The molecule has 0 saturated heterocycles. The predicted octanol–water partition coefficient (Wildman–Crippen LogP) is 0.889. The van der Waals surface area contributed by atoms with Crippen molar-refractivity contribution in [1.29, 1.82) is 0 Å². The van der Waals surface area contributed by atoms with E-state index in [0.29, 0.717) is 6.42 Å². The number of carbonyl (C=O) groups excluding carboxylic acids is 1. The fraction of sp³-hybridized carbons (Fsp3) is 0.875. The molecule has 0 spiro atoms. The predicted molar refractivity (Wildman–Crippen MR) is 51.7 cm³/mol. The maximum absolute atomic E-state index is 11.0. The highest BCUT2D eigenvalue weighted by molar-refractivity contribution is 7.89. The molecule has 0 radical (unpaired) electrons. The summed E-state index contributed by atoms with van der Waals surface area (Å²) in [4.78, 5) is 11.0. The largest absolute Gasteiger partial charge is 0.274 e. The van der Waals surface area contributed by atoms with Crippen LogP contribution in [0.1, 0.15) is 33.6 Å². The molecule has 0 unspecified atom stereocenters. The van der Waals surface area contributed by atoms with Gasteiger partial charge in [0.25, 0.3) is 0 Å². The zero-order valence-corrected chi connectivity index (χ0v) is 9.36. The Hall–Kier alpha value is -0.580. The second kappa shape index (κ2) is 4.09. The van der Waals surface area contributed by atoms with E-state index in [-0.39, 0.29) is 11.8 Å². The van der Waals surface area contributed by atoms with Crippen LogP contribution in [-0.2, 0) is 14.8 Å². The van der Waals surface area contributed by atoms with Crippen molar-refractivity contribution in [1.82, 2.24) is 4.72 Å². The summed E-state index contributed by atoms with van der Waals surface area (Å²) >= 11 is 0. The molecule has 0 bridgehead atoms. The molecule has 0 aliphatic heterocycles. The highest BCUT2D eigenvalue weighted by Crippen LogP contribution is 2.20. The molecule has 0 rings (SSSR count). The minimum atomic E-state index is -3.39. The normalized spacial score (nSPS) is 12.6. The van der Waals surface area contributed by atoms with Gasteiger partial charge in [0.1, 0.15) is 0 Å². The van der Waals surface area contributed by atoms with E-state index in [9.17, 15) is 13.2 Å². The summed E-state index contributed by atoms with van der Waals surface area (Å²) in [5, 5.41) is 0. The van der Waals surface area contributed by atoms with Crippen molar-refractivity contribution in [2.45, 2.75) is 33.6 Å². The van der Waals surface area contributed by atoms with E-state index in [0.717, 1.165) is 6.26 Å². The molecule has 0 aromatic rings. The third-order valence-electron chi connectivity index (χ3n) is 1.40. The number of sulfonamides is 1. The Morgan fingerprint density at radius 1 is 1.31 bits per heavy atom. The van der Waals surface area contributed by atoms with E-state index in [1.54, 1.807) is 0 Å². The van der Waals surface area contributed by atoms with Crippen LogP contribution in [-0.4, -0.2) is 20.6 Å². The fourth-order valence-corrected chi connectivity index (χ4v) is 1.26. The lowest BCUT2D eigenvalue weighted by Gasteiger charge is -2.16. The van der Waals surface area contributed by atoms with Crippen molar-refractivity contribution in [3.63, 3.8) is 0 Å². The van der Waals surface area contributed by atoms with Crippen molar-refractivity contribution in [2.24, 2.45) is 5.41 Å². The topological polar surface area (TPSA) is 63.2 Å². The van der Waals surface area contributed by atoms with Gasteiger partial charge in [0.15, 0.2) is 0 Å². The van der Waals surface area contributed by atoms with Crippen molar-refractivity contribution < 1.29 is 13.2 Å². The maximum Gasteiger partial charge on any atom is 0.233 e. The van der Waals surface area contributed by atoms with E-state index in [2.05, 4.69) is 0 Å². The Morgan fingerprint density at radius 2 is 1.77 bits per heavy atom. The lowest BCUT2D eigenvalue weighted by atomic mass is 9.90. The first-order valence-electron chi connectivity index (χ1n) is 4.11. The Morgan fingerprint density at radius 3 is 2.08 bits per heavy atom. The van der Waals surface area contributed by atoms with E-state index in [1.807, 2.05) is 25.5 Å². The maximum atomic E-state index is 11.0. The Labute approximate surface area is 79.8 Å². The summed E-state index contributed by atoms with van der Waals surface area (Å²) in [6.45, 7) is 6.00. The quantitative estimate of drug-likeness (QED) is 0.747. The standard InChI is InChI=1S/C8H17NO3S/c1-8(2,3)6-5-7(10)9-13(4,11)12/h5-6H2,1-4H3,(H,9,10). The van der Waals surface area contributed by atoms with Crippen LogP contribution in [0.2, 0.25) is 0 Å². The van der Waals surface area contributed by atoms with Gasteiger partial charge < -0.3 is 0 Å². The lowest BCUT2D eigenvalue weighted by molar-refractivity contribution is -0.119. The smallest absolute Gasteiger partial charge is 0.233 e. The van der Waals surface area contributed by atoms with Crippen LogP contribution in [0.4, 0.5) is 0 Å². The van der Waals surface area contributed by atoms with Crippen molar-refractivity contribution in [2.75, 3.05) is 6.26 Å². The second-order valence-corrected chi connectivity index (χ2v) is 6.11. The highest BCUT2D eigenvalue weighted by atomic mass is 32.2. The van der Waals surface area contributed by atoms with E-state index < -0.39 is 15.9 Å². The molecular formula is C8H17NO3S. The third kappa shape index (κ3) is 9.33. The van der Waals surface area contributed by atoms with Gasteiger partial charge in [0, 0.05) is 6.42 Å².